The van der Waals surface area contributed by atoms with Gasteiger partial charge in [-0.2, -0.15) is 10.4 Å². The van der Waals surface area contributed by atoms with Gasteiger partial charge in [0.1, 0.15) is 16.7 Å². The van der Waals surface area contributed by atoms with Gasteiger partial charge in [-0.1, -0.05) is 0 Å². The molecule has 3 rings (SSSR count). The van der Waals surface area contributed by atoms with E-state index in [0.717, 1.165) is 6.20 Å². The molecule has 1 amide bonds. The minimum absolute atomic E-state index is 0.0736. The highest BCUT2D eigenvalue weighted by Gasteiger charge is 2.21. The number of hydrogen-bond acceptors (Lipinski definition) is 7. The second-order valence-electron chi connectivity index (χ2n) is 4.78. The SMILES string of the molecule is Cc1c(C(=O)NS(=O)(=O)c2ccc(C#N)nc2)cnc2ccnn12. The Kier molecular flexibility index (Phi) is 3.70. The number of carbonyl (C=O) groups excluding carboxylic acids is 1. The number of pyridine rings is 1. The summed E-state index contributed by atoms with van der Waals surface area (Å²) < 4.78 is 27.9. The average Bonchev–Trinajstić information content (AvgIpc) is 3.04. The van der Waals surface area contributed by atoms with Crippen LogP contribution in [-0.4, -0.2) is 33.9 Å². The van der Waals surface area contributed by atoms with Gasteiger partial charge in [0.2, 0.25) is 0 Å². The first kappa shape index (κ1) is 15.6. The Bertz CT molecular complexity index is 1080. The summed E-state index contributed by atoms with van der Waals surface area (Å²) in [5.74, 6) is -0.832. The molecule has 0 saturated heterocycles. The number of fused-ring (bicyclic) bond motifs is 1. The maximum absolute atomic E-state index is 12.3. The summed E-state index contributed by atoms with van der Waals surface area (Å²) in [5.41, 5.74) is 1.15. The summed E-state index contributed by atoms with van der Waals surface area (Å²) >= 11 is 0. The molecule has 1 N–H and O–H groups in total. The molecule has 120 valence electrons. The number of nitriles is 1. The van der Waals surface area contributed by atoms with Gasteiger partial charge in [0.15, 0.2) is 5.65 Å². The van der Waals surface area contributed by atoms with Gasteiger partial charge in [0.05, 0.1) is 17.5 Å². The molecular formula is C14H10N6O3S. The predicted octanol–water partition coefficient (Wildman–Crippen LogP) is 0.423. The van der Waals surface area contributed by atoms with Crippen LogP contribution in [0.15, 0.2) is 41.7 Å². The Balaban J connectivity index is 1.92. The van der Waals surface area contributed by atoms with Gasteiger partial charge < -0.3 is 0 Å². The smallest absolute Gasteiger partial charge is 0.268 e. The average molecular weight is 342 g/mol. The summed E-state index contributed by atoms with van der Waals surface area (Å²) in [6.07, 6.45) is 3.82. The van der Waals surface area contributed by atoms with Gasteiger partial charge in [0, 0.05) is 18.5 Å². The molecule has 0 aromatic carbocycles. The van der Waals surface area contributed by atoms with E-state index < -0.39 is 15.9 Å². The third-order valence-electron chi connectivity index (χ3n) is 3.29. The number of carbonyl (C=O) groups is 1. The van der Waals surface area contributed by atoms with Crippen LogP contribution in [0.5, 0.6) is 0 Å². The van der Waals surface area contributed by atoms with E-state index in [4.69, 9.17) is 5.26 Å². The summed E-state index contributed by atoms with van der Waals surface area (Å²) in [5, 5.41) is 12.7. The van der Waals surface area contributed by atoms with Crippen molar-refractivity contribution in [2.24, 2.45) is 0 Å². The molecule has 24 heavy (non-hydrogen) atoms. The quantitative estimate of drug-likeness (QED) is 0.730. The standard InChI is InChI=1S/C14H10N6O3S/c1-9-12(8-17-13-4-5-18-20(9)13)14(21)19-24(22,23)11-3-2-10(6-15)16-7-11/h2-5,7-8H,1H3,(H,19,21). The number of aryl methyl sites for hydroxylation is 1. The van der Waals surface area contributed by atoms with Gasteiger partial charge in [-0.25, -0.2) is 27.6 Å². The van der Waals surface area contributed by atoms with Gasteiger partial charge in [-0.15, -0.1) is 0 Å². The van der Waals surface area contributed by atoms with Gasteiger partial charge in [0.25, 0.3) is 15.9 Å². The van der Waals surface area contributed by atoms with E-state index in [1.807, 2.05) is 4.72 Å². The van der Waals surface area contributed by atoms with Crippen LogP contribution < -0.4 is 4.72 Å². The lowest BCUT2D eigenvalue weighted by atomic mass is 10.2. The lowest BCUT2D eigenvalue weighted by Gasteiger charge is -2.09. The fourth-order valence-corrected chi connectivity index (χ4v) is 2.97. The molecule has 0 saturated carbocycles. The number of aromatic nitrogens is 4. The van der Waals surface area contributed by atoms with Crippen LogP contribution >= 0.6 is 0 Å². The molecule has 3 aromatic heterocycles. The minimum Gasteiger partial charge on any atom is -0.268 e. The number of sulfonamides is 1. The first-order valence-corrected chi connectivity index (χ1v) is 8.13. The second-order valence-corrected chi connectivity index (χ2v) is 6.47. The molecule has 0 atom stereocenters. The number of hydrogen-bond donors (Lipinski definition) is 1. The van der Waals surface area contributed by atoms with Crippen molar-refractivity contribution in [3.8, 4) is 6.07 Å². The first-order valence-electron chi connectivity index (χ1n) is 6.65. The Morgan fingerprint density at radius 2 is 2.04 bits per heavy atom. The zero-order valence-corrected chi connectivity index (χ0v) is 13.1. The lowest BCUT2D eigenvalue weighted by molar-refractivity contribution is 0.0980. The van der Waals surface area contributed by atoms with E-state index >= 15 is 0 Å². The number of amides is 1. The van der Waals surface area contributed by atoms with Crippen molar-refractivity contribution in [1.29, 1.82) is 5.26 Å². The fraction of sp³-hybridized carbons (Fsp3) is 0.0714. The minimum atomic E-state index is -4.12. The molecule has 0 fully saturated rings. The van der Waals surface area contributed by atoms with E-state index in [0.29, 0.717) is 11.3 Å². The Morgan fingerprint density at radius 1 is 1.25 bits per heavy atom. The van der Waals surface area contributed by atoms with Crippen LogP contribution in [0, 0.1) is 18.3 Å². The number of rotatable bonds is 3. The zero-order chi connectivity index (χ0) is 17.3. The molecule has 0 spiro atoms. The summed E-state index contributed by atoms with van der Waals surface area (Å²) in [7, 11) is -4.12. The highest BCUT2D eigenvalue weighted by Crippen LogP contribution is 2.12. The van der Waals surface area contributed by atoms with Crippen molar-refractivity contribution in [1.82, 2.24) is 24.3 Å². The van der Waals surface area contributed by atoms with Gasteiger partial charge in [-0.05, 0) is 19.1 Å². The van der Waals surface area contributed by atoms with Crippen LogP contribution in [0.1, 0.15) is 21.7 Å². The van der Waals surface area contributed by atoms with E-state index in [2.05, 4.69) is 15.1 Å². The molecule has 3 aromatic rings. The van der Waals surface area contributed by atoms with E-state index in [1.54, 1.807) is 19.1 Å². The highest BCUT2D eigenvalue weighted by molar-refractivity contribution is 7.90. The fourth-order valence-electron chi connectivity index (χ4n) is 2.06. The zero-order valence-electron chi connectivity index (χ0n) is 12.3. The van der Waals surface area contributed by atoms with Crippen LogP contribution in [0.2, 0.25) is 0 Å². The molecule has 0 aliphatic rings. The number of nitrogens with one attached hydrogen (secondary N) is 1. The van der Waals surface area contributed by atoms with Gasteiger partial charge >= 0.3 is 0 Å². The van der Waals surface area contributed by atoms with E-state index in [1.165, 1.54) is 29.0 Å². The summed E-state index contributed by atoms with van der Waals surface area (Å²) in [4.78, 5) is 19.8. The van der Waals surface area contributed by atoms with Crippen LogP contribution in [0.4, 0.5) is 0 Å². The highest BCUT2D eigenvalue weighted by atomic mass is 32.2. The van der Waals surface area contributed by atoms with Crippen molar-refractivity contribution in [2.75, 3.05) is 0 Å². The van der Waals surface area contributed by atoms with Crippen molar-refractivity contribution in [2.45, 2.75) is 11.8 Å². The molecule has 0 unspecified atom stereocenters. The van der Waals surface area contributed by atoms with Crippen LogP contribution in [-0.2, 0) is 10.0 Å². The largest absolute Gasteiger partial charge is 0.268 e. The monoisotopic (exact) mass is 342 g/mol. The molecular weight excluding hydrogens is 332 g/mol. The Morgan fingerprint density at radius 3 is 2.71 bits per heavy atom. The Labute approximate surface area is 136 Å². The maximum atomic E-state index is 12.3. The van der Waals surface area contributed by atoms with Crippen molar-refractivity contribution in [3.05, 3.63) is 53.7 Å². The van der Waals surface area contributed by atoms with E-state index in [9.17, 15) is 13.2 Å². The first-order chi connectivity index (χ1) is 11.4. The summed E-state index contributed by atoms with van der Waals surface area (Å²) in [6, 6.07) is 5.89. The second kappa shape index (κ2) is 5.71. The van der Waals surface area contributed by atoms with Crippen molar-refractivity contribution in [3.63, 3.8) is 0 Å². The molecule has 0 bridgehead atoms. The maximum Gasteiger partial charge on any atom is 0.268 e. The summed E-state index contributed by atoms with van der Waals surface area (Å²) in [6.45, 7) is 1.63. The van der Waals surface area contributed by atoms with E-state index in [-0.39, 0.29) is 16.2 Å². The number of nitrogens with zero attached hydrogens (tertiary/aromatic N) is 5. The predicted molar refractivity (Wildman–Crippen MR) is 81.3 cm³/mol. The van der Waals surface area contributed by atoms with Crippen molar-refractivity contribution < 1.29 is 13.2 Å². The topological polar surface area (TPSA) is 130 Å². The lowest BCUT2D eigenvalue weighted by Crippen LogP contribution is -2.31. The van der Waals surface area contributed by atoms with Crippen LogP contribution in [0.25, 0.3) is 5.65 Å². The third kappa shape index (κ3) is 2.68. The molecule has 3 heterocycles. The normalized spacial score (nSPS) is 11.2. The molecule has 0 aliphatic heterocycles. The molecule has 0 aliphatic carbocycles. The van der Waals surface area contributed by atoms with Crippen LogP contribution in [0.3, 0.4) is 0 Å². The Hall–Kier alpha value is -3.32. The van der Waals surface area contributed by atoms with Crippen molar-refractivity contribution >= 4 is 21.6 Å². The molecule has 0 radical (unpaired) electrons. The molecule has 10 heteroatoms. The third-order valence-corrected chi connectivity index (χ3v) is 4.61. The molecule has 9 nitrogen and oxygen atoms in total. The van der Waals surface area contributed by atoms with Gasteiger partial charge in [-0.3, -0.25) is 4.79 Å².